The van der Waals surface area contributed by atoms with E-state index in [-0.39, 0.29) is 5.69 Å². The summed E-state index contributed by atoms with van der Waals surface area (Å²) < 4.78 is 44.1. The summed E-state index contributed by atoms with van der Waals surface area (Å²) in [6.07, 6.45) is -0.497. The molecule has 172 valence electrons. The number of hydrogen-bond donors (Lipinski definition) is 2. The lowest BCUT2D eigenvalue weighted by Gasteiger charge is -2.07. The standard InChI is InChI=1S/C15H16N4O.C8H6F3NO/c1-16-9-12-8-15(18-10-17-12)20-13-3-4-14-11(7-13)5-6-19(14)2;9-8(10,11)6-2-1-3-7(4-6)12-5-13/h3-8,10,16H,9H2,1-2H3;1-5H,(H,12,13). The van der Waals surface area contributed by atoms with Gasteiger partial charge in [-0.1, -0.05) is 6.07 Å². The molecule has 2 aromatic carbocycles. The molecule has 0 saturated heterocycles. The molecule has 0 atom stereocenters. The molecule has 33 heavy (non-hydrogen) atoms. The van der Waals surface area contributed by atoms with Gasteiger partial charge in [0, 0.05) is 42.4 Å². The first-order chi connectivity index (χ1) is 15.8. The molecule has 4 rings (SSSR count). The van der Waals surface area contributed by atoms with Crippen LogP contribution in [0, 0.1) is 0 Å². The molecule has 0 aliphatic rings. The largest absolute Gasteiger partial charge is 0.439 e. The zero-order valence-electron chi connectivity index (χ0n) is 17.9. The molecular formula is C23H22F3N5O2. The Morgan fingerprint density at radius 1 is 1.09 bits per heavy atom. The summed E-state index contributed by atoms with van der Waals surface area (Å²) in [5, 5.41) is 6.34. The molecule has 0 spiro atoms. The molecule has 2 heterocycles. The van der Waals surface area contributed by atoms with E-state index in [0.29, 0.717) is 18.8 Å². The lowest BCUT2D eigenvalue weighted by molar-refractivity contribution is -0.137. The Bertz CT molecular complexity index is 1220. The van der Waals surface area contributed by atoms with Crippen molar-refractivity contribution in [1.29, 1.82) is 0 Å². The van der Waals surface area contributed by atoms with Crippen molar-refractivity contribution < 1.29 is 22.7 Å². The average Bonchev–Trinajstić information content (AvgIpc) is 3.15. The Morgan fingerprint density at radius 2 is 1.91 bits per heavy atom. The molecule has 4 aromatic rings. The fourth-order valence-corrected chi connectivity index (χ4v) is 3.01. The predicted molar refractivity (Wildman–Crippen MR) is 119 cm³/mol. The third kappa shape index (κ3) is 6.53. The lowest BCUT2D eigenvalue weighted by atomic mass is 10.2. The van der Waals surface area contributed by atoms with Crippen molar-refractivity contribution >= 4 is 23.0 Å². The first kappa shape index (κ1) is 23.7. The molecular weight excluding hydrogens is 435 g/mol. The van der Waals surface area contributed by atoms with Crippen LogP contribution in [0.2, 0.25) is 0 Å². The van der Waals surface area contributed by atoms with Gasteiger partial charge in [-0.2, -0.15) is 13.2 Å². The van der Waals surface area contributed by atoms with Crippen LogP contribution >= 0.6 is 0 Å². The van der Waals surface area contributed by atoms with Crippen LogP contribution in [0.1, 0.15) is 11.3 Å². The van der Waals surface area contributed by atoms with Crippen LogP contribution in [0.3, 0.4) is 0 Å². The van der Waals surface area contributed by atoms with E-state index in [1.807, 2.05) is 44.6 Å². The maximum atomic E-state index is 12.1. The molecule has 2 aromatic heterocycles. The van der Waals surface area contributed by atoms with Crippen molar-refractivity contribution in [3.05, 3.63) is 78.4 Å². The molecule has 0 unspecified atom stereocenters. The summed E-state index contributed by atoms with van der Waals surface area (Å²) >= 11 is 0. The van der Waals surface area contributed by atoms with Crippen LogP contribution in [0.25, 0.3) is 10.9 Å². The van der Waals surface area contributed by atoms with E-state index in [1.165, 1.54) is 24.0 Å². The van der Waals surface area contributed by atoms with Gasteiger partial charge in [0.2, 0.25) is 12.3 Å². The van der Waals surface area contributed by atoms with Crippen molar-refractivity contribution in [3.8, 4) is 11.6 Å². The number of carbonyl (C=O) groups excluding carboxylic acids is 1. The monoisotopic (exact) mass is 457 g/mol. The number of halogens is 3. The van der Waals surface area contributed by atoms with Gasteiger partial charge in [0.1, 0.15) is 12.1 Å². The molecule has 0 fully saturated rings. The molecule has 2 N–H and O–H groups in total. The quantitative estimate of drug-likeness (QED) is 0.409. The first-order valence-electron chi connectivity index (χ1n) is 9.86. The van der Waals surface area contributed by atoms with E-state index in [4.69, 9.17) is 4.74 Å². The highest BCUT2D eigenvalue weighted by molar-refractivity contribution is 5.81. The molecule has 7 nitrogen and oxygen atoms in total. The minimum atomic E-state index is -4.37. The number of carbonyl (C=O) groups is 1. The van der Waals surface area contributed by atoms with Crippen LogP contribution in [0.15, 0.2) is 67.1 Å². The number of benzene rings is 2. The van der Waals surface area contributed by atoms with Gasteiger partial charge < -0.3 is 19.9 Å². The summed E-state index contributed by atoms with van der Waals surface area (Å²) in [6, 6.07) is 14.3. The van der Waals surface area contributed by atoms with Gasteiger partial charge in [-0.05, 0) is 49.5 Å². The topological polar surface area (TPSA) is 81.1 Å². The van der Waals surface area contributed by atoms with Crippen LogP contribution in [-0.4, -0.2) is 28.0 Å². The molecule has 0 aliphatic heterocycles. The van der Waals surface area contributed by atoms with Gasteiger partial charge in [-0.25, -0.2) is 9.97 Å². The highest BCUT2D eigenvalue weighted by atomic mass is 19.4. The van der Waals surface area contributed by atoms with Crippen molar-refractivity contribution in [3.63, 3.8) is 0 Å². The van der Waals surface area contributed by atoms with Gasteiger partial charge in [0.15, 0.2) is 0 Å². The Balaban J connectivity index is 0.000000205. The third-order valence-electron chi connectivity index (χ3n) is 4.55. The first-order valence-corrected chi connectivity index (χ1v) is 9.86. The number of fused-ring (bicyclic) bond motifs is 1. The fraction of sp³-hybridized carbons (Fsp3) is 0.174. The Morgan fingerprint density at radius 3 is 2.64 bits per heavy atom. The number of ether oxygens (including phenoxy) is 1. The number of rotatable bonds is 6. The number of hydrogen-bond acceptors (Lipinski definition) is 5. The van der Waals surface area contributed by atoms with E-state index < -0.39 is 11.7 Å². The highest BCUT2D eigenvalue weighted by Gasteiger charge is 2.30. The number of aromatic nitrogens is 3. The Hall–Kier alpha value is -3.92. The van der Waals surface area contributed by atoms with E-state index in [1.54, 1.807) is 0 Å². The maximum absolute atomic E-state index is 12.1. The molecule has 0 saturated carbocycles. The smallest absolute Gasteiger partial charge is 0.416 e. The fourth-order valence-electron chi connectivity index (χ4n) is 3.01. The molecule has 0 radical (unpaired) electrons. The van der Waals surface area contributed by atoms with Gasteiger partial charge >= 0.3 is 6.18 Å². The Labute approximate surface area is 188 Å². The van der Waals surface area contributed by atoms with E-state index in [9.17, 15) is 18.0 Å². The summed E-state index contributed by atoms with van der Waals surface area (Å²) in [4.78, 5) is 18.2. The summed E-state index contributed by atoms with van der Waals surface area (Å²) in [7, 11) is 3.91. The second-order valence-corrected chi connectivity index (χ2v) is 6.97. The number of aryl methyl sites for hydroxylation is 1. The summed E-state index contributed by atoms with van der Waals surface area (Å²) in [5.41, 5.74) is 1.43. The maximum Gasteiger partial charge on any atom is 0.416 e. The number of amides is 1. The number of nitrogens with one attached hydrogen (secondary N) is 2. The summed E-state index contributed by atoms with van der Waals surface area (Å²) in [5.74, 6) is 1.33. The van der Waals surface area contributed by atoms with Crippen LogP contribution < -0.4 is 15.4 Å². The van der Waals surface area contributed by atoms with Crippen molar-refractivity contribution in [2.45, 2.75) is 12.7 Å². The molecule has 10 heteroatoms. The minimum absolute atomic E-state index is 0.129. The number of anilines is 1. The minimum Gasteiger partial charge on any atom is -0.439 e. The SMILES string of the molecule is CNCc1cc(Oc2ccc3c(ccn3C)c2)ncn1.O=CNc1cccc(C(F)(F)F)c1. The zero-order valence-corrected chi connectivity index (χ0v) is 17.9. The van der Waals surface area contributed by atoms with E-state index >= 15 is 0 Å². The normalized spacial score (nSPS) is 10.9. The van der Waals surface area contributed by atoms with Gasteiger partial charge in [0.05, 0.1) is 11.3 Å². The Kier molecular flexibility index (Phi) is 7.62. The number of alkyl halides is 3. The highest BCUT2D eigenvalue weighted by Crippen LogP contribution is 2.30. The average molecular weight is 457 g/mol. The van der Waals surface area contributed by atoms with E-state index in [0.717, 1.165) is 29.0 Å². The molecule has 0 bridgehead atoms. The molecule has 1 amide bonds. The molecule has 0 aliphatic carbocycles. The van der Waals surface area contributed by atoms with E-state index in [2.05, 4.69) is 31.2 Å². The van der Waals surface area contributed by atoms with Gasteiger partial charge in [0.25, 0.3) is 0 Å². The second-order valence-electron chi connectivity index (χ2n) is 6.97. The summed E-state index contributed by atoms with van der Waals surface area (Å²) in [6.45, 7) is 0.691. The second kappa shape index (κ2) is 10.6. The van der Waals surface area contributed by atoms with Crippen LogP contribution in [0.4, 0.5) is 18.9 Å². The van der Waals surface area contributed by atoms with Crippen molar-refractivity contribution in [1.82, 2.24) is 19.9 Å². The van der Waals surface area contributed by atoms with Crippen molar-refractivity contribution in [2.75, 3.05) is 12.4 Å². The van der Waals surface area contributed by atoms with Gasteiger partial charge in [-0.15, -0.1) is 0 Å². The zero-order chi connectivity index (χ0) is 23.8. The van der Waals surface area contributed by atoms with Gasteiger partial charge in [-0.3, -0.25) is 4.79 Å². The van der Waals surface area contributed by atoms with Crippen molar-refractivity contribution in [2.24, 2.45) is 7.05 Å². The van der Waals surface area contributed by atoms with Crippen LogP contribution in [0.5, 0.6) is 11.6 Å². The van der Waals surface area contributed by atoms with Crippen LogP contribution in [-0.2, 0) is 24.6 Å². The number of nitrogens with zero attached hydrogens (tertiary/aromatic N) is 3. The lowest BCUT2D eigenvalue weighted by Crippen LogP contribution is -2.07. The third-order valence-corrected chi connectivity index (χ3v) is 4.55. The predicted octanol–water partition coefficient (Wildman–Crippen LogP) is 4.75.